The van der Waals surface area contributed by atoms with Gasteiger partial charge in [0, 0.05) is 13.0 Å². The van der Waals surface area contributed by atoms with Gasteiger partial charge in [0.15, 0.2) is 0 Å². The van der Waals surface area contributed by atoms with Crippen LogP contribution >= 0.6 is 11.3 Å². The van der Waals surface area contributed by atoms with Gasteiger partial charge < -0.3 is 20.5 Å². The molecule has 0 unspecified atom stereocenters. The molecule has 3 N–H and O–H groups in total. The third kappa shape index (κ3) is 4.74. The Morgan fingerprint density at radius 3 is 2.88 bits per heavy atom. The molecule has 4 heterocycles. The fourth-order valence-corrected chi connectivity index (χ4v) is 5.71. The average molecular weight is 498 g/mol. The third-order valence-corrected chi connectivity index (χ3v) is 7.40. The molecule has 7 nitrogen and oxygen atoms in total. The molecule has 182 valence electrons. The van der Waals surface area contributed by atoms with Crippen LogP contribution in [0.3, 0.4) is 0 Å². The van der Waals surface area contributed by atoms with Crippen molar-refractivity contribution in [2.75, 3.05) is 18.4 Å². The largest absolute Gasteiger partial charge is 0.393 e. The number of benzene rings is 1. The maximum Gasteiger partial charge on any atom is 0.393 e. The number of anilines is 1. The van der Waals surface area contributed by atoms with Gasteiger partial charge in [0.25, 0.3) is 0 Å². The van der Waals surface area contributed by atoms with Crippen LogP contribution in [-0.2, 0) is 11.2 Å². The van der Waals surface area contributed by atoms with Crippen LogP contribution in [0, 0.1) is 0 Å². The normalized spacial score (nSPS) is 23.8. The highest BCUT2D eigenvalue weighted by atomic mass is 32.1. The van der Waals surface area contributed by atoms with Crippen LogP contribution in [0.25, 0.3) is 20.8 Å². The van der Waals surface area contributed by atoms with E-state index in [-0.39, 0.29) is 34.6 Å². The van der Waals surface area contributed by atoms with E-state index in [1.54, 1.807) is 18.2 Å². The first-order valence-corrected chi connectivity index (χ1v) is 12.0. The minimum atomic E-state index is -4.45. The molecule has 2 aliphatic heterocycles. The highest BCUT2D eigenvalue weighted by molar-refractivity contribution is 7.23. The zero-order chi connectivity index (χ0) is 23.9. The summed E-state index contributed by atoms with van der Waals surface area (Å²) in [6.07, 6.45) is -4.46. The number of rotatable bonds is 5. The summed E-state index contributed by atoms with van der Waals surface area (Å²) in [5, 5.41) is 13.3. The van der Waals surface area contributed by atoms with Gasteiger partial charge in [-0.05, 0) is 42.8 Å². The van der Waals surface area contributed by atoms with E-state index >= 15 is 0 Å². The van der Waals surface area contributed by atoms with Crippen molar-refractivity contribution in [1.29, 1.82) is 0 Å². The van der Waals surface area contributed by atoms with Crippen LogP contribution in [0.1, 0.15) is 43.2 Å². The Labute approximate surface area is 196 Å². The summed E-state index contributed by atoms with van der Waals surface area (Å²) < 4.78 is 60.9. The Hall–Kier alpha value is -2.73. The summed E-state index contributed by atoms with van der Waals surface area (Å²) in [4.78, 5) is 16.3. The summed E-state index contributed by atoms with van der Waals surface area (Å²) in [5.74, 6) is 0.0914. The smallest absolute Gasteiger partial charge is 0.378 e. The number of piperidine rings is 2. The van der Waals surface area contributed by atoms with Gasteiger partial charge >= 0.3 is 6.18 Å². The van der Waals surface area contributed by atoms with Crippen molar-refractivity contribution in [3.63, 3.8) is 0 Å². The number of hydrogen-bond donors (Lipinski definition) is 3. The Kier molecular flexibility index (Phi) is 6.19. The molecule has 2 fully saturated rings. The molecule has 1 aromatic carbocycles. The Balaban J connectivity index is 1.54. The standard InChI is InChI=1S/C22H23F4N5O2S/c23-13-10-27-8-7-14(13)28-15-4-1-3-11-12(9-22(24,25)26)19(34-18(11)15)20-30-21(33-31-20)16-5-2-6-17(32)29-16/h1,3-4,13-14,16,27-28H,2,5-10H2,(H,29,32)/t13-,14+,16+/m0/s1. The van der Waals surface area contributed by atoms with Crippen LogP contribution in [0.5, 0.6) is 0 Å². The average Bonchev–Trinajstić information content (AvgIpc) is 3.40. The van der Waals surface area contributed by atoms with Gasteiger partial charge in [-0.15, -0.1) is 11.3 Å². The Morgan fingerprint density at radius 1 is 1.26 bits per heavy atom. The van der Waals surface area contributed by atoms with Crippen molar-refractivity contribution in [2.45, 2.75) is 56.5 Å². The summed E-state index contributed by atoms with van der Waals surface area (Å²) >= 11 is 1.12. The SMILES string of the molecule is O=C1CCC[C@H](c2nc(-c3sc4c(N[C@@H]5CCNC[C@@H]5F)cccc4c3CC(F)(F)F)no2)N1. The van der Waals surface area contributed by atoms with E-state index < -0.39 is 30.9 Å². The summed E-state index contributed by atoms with van der Waals surface area (Å²) in [5.41, 5.74) is 0.633. The first-order chi connectivity index (χ1) is 16.3. The molecule has 0 radical (unpaired) electrons. The molecule has 2 saturated heterocycles. The van der Waals surface area contributed by atoms with E-state index in [0.29, 0.717) is 48.0 Å². The van der Waals surface area contributed by atoms with Gasteiger partial charge in [-0.25, -0.2) is 4.39 Å². The fourth-order valence-electron chi connectivity index (χ4n) is 4.48. The summed E-state index contributed by atoms with van der Waals surface area (Å²) in [6, 6.07) is 4.14. The lowest BCUT2D eigenvalue weighted by Gasteiger charge is -2.28. The predicted octanol–water partition coefficient (Wildman–Crippen LogP) is 4.51. The molecule has 3 atom stereocenters. The van der Waals surface area contributed by atoms with E-state index in [4.69, 9.17) is 4.52 Å². The molecule has 12 heteroatoms. The van der Waals surface area contributed by atoms with Gasteiger partial charge in [-0.2, -0.15) is 18.2 Å². The number of amides is 1. The number of hydrogen-bond acceptors (Lipinski definition) is 7. The monoisotopic (exact) mass is 497 g/mol. The molecule has 0 bridgehead atoms. The van der Waals surface area contributed by atoms with E-state index in [9.17, 15) is 22.4 Å². The van der Waals surface area contributed by atoms with Gasteiger partial charge in [-0.3, -0.25) is 4.79 Å². The van der Waals surface area contributed by atoms with E-state index in [1.165, 1.54) is 0 Å². The number of aromatic nitrogens is 2. The quantitative estimate of drug-likeness (QED) is 0.450. The molecule has 0 aliphatic carbocycles. The molecule has 3 aromatic rings. The number of carbonyl (C=O) groups is 1. The molecular weight excluding hydrogens is 474 g/mol. The lowest BCUT2D eigenvalue weighted by Crippen LogP contribution is -2.45. The number of carbonyl (C=O) groups excluding carboxylic acids is 1. The van der Waals surface area contributed by atoms with Crippen molar-refractivity contribution >= 4 is 33.0 Å². The highest BCUT2D eigenvalue weighted by Gasteiger charge is 2.34. The highest BCUT2D eigenvalue weighted by Crippen LogP contribution is 2.44. The summed E-state index contributed by atoms with van der Waals surface area (Å²) in [7, 11) is 0. The van der Waals surface area contributed by atoms with Crippen molar-refractivity contribution in [3.8, 4) is 10.7 Å². The maximum absolute atomic E-state index is 14.4. The number of fused-ring (bicyclic) bond motifs is 1. The predicted molar refractivity (Wildman–Crippen MR) is 119 cm³/mol. The van der Waals surface area contributed by atoms with E-state index in [2.05, 4.69) is 26.1 Å². The topological polar surface area (TPSA) is 92.1 Å². The van der Waals surface area contributed by atoms with Gasteiger partial charge in [0.2, 0.25) is 17.6 Å². The Morgan fingerprint density at radius 2 is 2.12 bits per heavy atom. The van der Waals surface area contributed by atoms with Crippen molar-refractivity contribution in [2.24, 2.45) is 0 Å². The molecule has 5 rings (SSSR count). The van der Waals surface area contributed by atoms with Crippen molar-refractivity contribution in [3.05, 3.63) is 29.7 Å². The van der Waals surface area contributed by atoms with Gasteiger partial charge in [0.05, 0.1) is 27.7 Å². The lowest BCUT2D eigenvalue weighted by atomic mass is 10.0. The molecule has 0 spiro atoms. The number of halogens is 4. The van der Waals surface area contributed by atoms with Gasteiger partial charge in [0.1, 0.15) is 12.2 Å². The van der Waals surface area contributed by atoms with Crippen LogP contribution in [0.2, 0.25) is 0 Å². The molecular formula is C22H23F4N5O2S. The van der Waals surface area contributed by atoms with E-state index in [1.807, 2.05) is 0 Å². The number of alkyl halides is 4. The first-order valence-electron chi connectivity index (χ1n) is 11.1. The number of nitrogens with one attached hydrogen (secondary N) is 3. The molecule has 2 aromatic heterocycles. The summed E-state index contributed by atoms with van der Waals surface area (Å²) in [6.45, 7) is 0.887. The second-order valence-corrected chi connectivity index (χ2v) is 9.63. The second kappa shape index (κ2) is 9.14. The molecule has 0 saturated carbocycles. The van der Waals surface area contributed by atoms with Crippen LogP contribution in [0.4, 0.5) is 23.2 Å². The Bertz CT molecular complexity index is 1190. The van der Waals surface area contributed by atoms with Crippen molar-refractivity contribution in [1.82, 2.24) is 20.8 Å². The number of nitrogens with zero attached hydrogens (tertiary/aromatic N) is 2. The number of thiophene rings is 1. The zero-order valence-electron chi connectivity index (χ0n) is 18.0. The van der Waals surface area contributed by atoms with Crippen LogP contribution < -0.4 is 16.0 Å². The fraction of sp³-hybridized carbons (Fsp3) is 0.500. The van der Waals surface area contributed by atoms with E-state index in [0.717, 1.165) is 11.3 Å². The molecule has 34 heavy (non-hydrogen) atoms. The zero-order valence-corrected chi connectivity index (χ0v) is 18.9. The third-order valence-electron chi connectivity index (χ3n) is 6.12. The maximum atomic E-state index is 14.4. The first kappa shape index (κ1) is 23.0. The minimum absolute atomic E-state index is 0.0476. The lowest BCUT2D eigenvalue weighted by molar-refractivity contribution is -0.127. The second-order valence-electron chi connectivity index (χ2n) is 8.61. The van der Waals surface area contributed by atoms with Crippen LogP contribution in [0.15, 0.2) is 22.7 Å². The van der Waals surface area contributed by atoms with Gasteiger partial charge in [-0.1, -0.05) is 17.3 Å². The van der Waals surface area contributed by atoms with Crippen LogP contribution in [-0.4, -0.2) is 47.5 Å². The molecule has 1 amide bonds. The van der Waals surface area contributed by atoms with Crippen molar-refractivity contribution < 1.29 is 26.9 Å². The minimum Gasteiger partial charge on any atom is -0.378 e. The molecule has 2 aliphatic rings.